The number of para-hydroxylation sites is 1. The minimum Gasteiger partial charge on any atom is -0.465 e. The summed E-state index contributed by atoms with van der Waals surface area (Å²) < 4.78 is 5.19. The highest BCUT2D eigenvalue weighted by Crippen LogP contribution is 2.24. The van der Waals surface area contributed by atoms with E-state index in [1.807, 2.05) is 60.7 Å². The highest BCUT2D eigenvalue weighted by Gasteiger charge is 2.13. The number of aromatic nitrogens is 1. The summed E-state index contributed by atoms with van der Waals surface area (Å²) in [7, 11) is 0. The van der Waals surface area contributed by atoms with Gasteiger partial charge >= 0.3 is 0 Å². The van der Waals surface area contributed by atoms with Crippen LogP contribution in [0.4, 0.5) is 0 Å². The van der Waals surface area contributed by atoms with Gasteiger partial charge in [0.2, 0.25) is 0 Å². The molecule has 0 saturated heterocycles. The Hall–Kier alpha value is -3.99. The zero-order chi connectivity index (χ0) is 19.2. The minimum absolute atomic E-state index is 0.293. The van der Waals surface area contributed by atoms with Crippen LogP contribution in [0.5, 0.6) is 0 Å². The fourth-order valence-corrected chi connectivity index (χ4v) is 2.84. The number of benzene rings is 2. The molecule has 0 unspecified atom stereocenters. The Bertz CT molecular complexity index is 1150. The number of hydrogen-bond donors (Lipinski definition) is 1. The molecular formula is C23H17N3O2. The Morgan fingerprint density at radius 3 is 2.64 bits per heavy atom. The Labute approximate surface area is 162 Å². The number of nitrogens with zero attached hydrogens (tertiary/aromatic N) is 2. The molecule has 2 aromatic heterocycles. The number of hydrazone groups is 1. The number of nitrogens with one attached hydrogen (secondary N) is 1. The van der Waals surface area contributed by atoms with Crippen molar-refractivity contribution in [2.45, 2.75) is 0 Å². The summed E-state index contributed by atoms with van der Waals surface area (Å²) in [6.45, 7) is 0. The lowest BCUT2D eigenvalue weighted by molar-refractivity contribution is 0.0957. The lowest BCUT2D eigenvalue weighted by atomic mass is 10.0. The molecule has 0 bridgehead atoms. The van der Waals surface area contributed by atoms with Crippen LogP contribution in [0.3, 0.4) is 0 Å². The van der Waals surface area contributed by atoms with E-state index in [0.717, 1.165) is 22.2 Å². The van der Waals surface area contributed by atoms with Crippen LogP contribution in [0.15, 0.2) is 94.7 Å². The summed E-state index contributed by atoms with van der Waals surface area (Å²) in [5.41, 5.74) is 5.55. The molecule has 0 spiro atoms. The maximum atomic E-state index is 12.7. The van der Waals surface area contributed by atoms with Crippen LogP contribution in [0.2, 0.25) is 0 Å². The van der Waals surface area contributed by atoms with Crippen LogP contribution in [-0.2, 0) is 0 Å². The number of carbonyl (C=O) groups is 1. The summed E-state index contributed by atoms with van der Waals surface area (Å²) in [6, 6.07) is 22.8. The number of allylic oxidation sites excluding steroid dienone is 1. The highest BCUT2D eigenvalue weighted by atomic mass is 16.3. The second-order valence-corrected chi connectivity index (χ2v) is 6.03. The number of amides is 1. The van der Waals surface area contributed by atoms with Gasteiger partial charge in [0.15, 0.2) is 0 Å². The first-order valence-electron chi connectivity index (χ1n) is 8.80. The molecule has 0 aliphatic rings. The van der Waals surface area contributed by atoms with Crippen molar-refractivity contribution in [3.8, 4) is 11.3 Å². The van der Waals surface area contributed by atoms with Crippen LogP contribution in [0, 0.1) is 0 Å². The van der Waals surface area contributed by atoms with Crippen molar-refractivity contribution in [2.24, 2.45) is 5.10 Å². The van der Waals surface area contributed by atoms with Crippen LogP contribution in [0.1, 0.15) is 16.1 Å². The van der Waals surface area contributed by atoms with Gasteiger partial charge in [0.1, 0.15) is 5.76 Å². The molecule has 0 aliphatic heterocycles. The number of carbonyl (C=O) groups excluding carboxylic acids is 1. The molecule has 0 aliphatic carbocycles. The Morgan fingerprint density at radius 1 is 1.00 bits per heavy atom. The average Bonchev–Trinajstić information content (AvgIpc) is 3.27. The second kappa shape index (κ2) is 8.14. The summed E-state index contributed by atoms with van der Waals surface area (Å²) >= 11 is 0. The minimum atomic E-state index is -0.293. The van der Waals surface area contributed by atoms with Gasteiger partial charge in [0.25, 0.3) is 5.91 Å². The molecule has 0 radical (unpaired) electrons. The van der Waals surface area contributed by atoms with Crippen LogP contribution in [-0.4, -0.2) is 17.1 Å². The van der Waals surface area contributed by atoms with E-state index in [2.05, 4.69) is 15.5 Å². The molecule has 2 aromatic carbocycles. The van der Waals surface area contributed by atoms with Crippen molar-refractivity contribution in [1.82, 2.24) is 10.4 Å². The van der Waals surface area contributed by atoms with Gasteiger partial charge in [-0.25, -0.2) is 10.4 Å². The summed E-state index contributed by atoms with van der Waals surface area (Å²) in [4.78, 5) is 17.4. The lowest BCUT2D eigenvalue weighted by Gasteiger charge is -2.08. The largest absolute Gasteiger partial charge is 0.465 e. The Kier molecular flexibility index (Phi) is 5.06. The third kappa shape index (κ3) is 3.88. The first kappa shape index (κ1) is 17.4. The molecule has 1 amide bonds. The molecule has 1 N–H and O–H groups in total. The van der Waals surface area contributed by atoms with Crippen molar-refractivity contribution in [3.63, 3.8) is 0 Å². The SMILES string of the molecule is O=C(N/N=C\C=C/c1ccco1)c1cc(-c2ccccc2)nc2ccccc12. The van der Waals surface area contributed by atoms with E-state index in [4.69, 9.17) is 4.42 Å². The van der Waals surface area contributed by atoms with Crippen LogP contribution < -0.4 is 5.43 Å². The van der Waals surface area contributed by atoms with Crippen molar-refractivity contribution in [3.05, 3.63) is 96.5 Å². The van der Waals surface area contributed by atoms with Gasteiger partial charge in [-0.2, -0.15) is 5.10 Å². The van der Waals surface area contributed by atoms with E-state index in [9.17, 15) is 4.79 Å². The molecule has 28 heavy (non-hydrogen) atoms. The van der Waals surface area contributed by atoms with Crippen molar-refractivity contribution < 1.29 is 9.21 Å². The molecule has 5 heteroatoms. The van der Waals surface area contributed by atoms with E-state index >= 15 is 0 Å². The molecule has 2 heterocycles. The third-order valence-electron chi connectivity index (χ3n) is 4.16. The van der Waals surface area contributed by atoms with Crippen molar-refractivity contribution in [1.29, 1.82) is 0 Å². The second-order valence-electron chi connectivity index (χ2n) is 6.03. The number of hydrogen-bond acceptors (Lipinski definition) is 4. The zero-order valence-electron chi connectivity index (χ0n) is 14.9. The van der Waals surface area contributed by atoms with Gasteiger partial charge < -0.3 is 4.42 Å². The molecule has 5 nitrogen and oxygen atoms in total. The predicted molar refractivity (Wildman–Crippen MR) is 111 cm³/mol. The average molecular weight is 367 g/mol. The van der Waals surface area contributed by atoms with Gasteiger partial charge in [-0.3, -0.25) is 4.79 Å². The van der Waals surface area contributed by atoms with Crippen LogP contribution in [0.25, 0.3) is 28.2 Å². The monoisotopic (exact) mass is 367 g/mol. The number of rotatable bonds is 5. The zero-order valence-corrected chi connectivity index (χ0v) is 14.9. The van der Waals surface area contributed by atoms with Gasteiger partial charge in [0, 0.05) is 17.2 Å². The predicted octanol–water partition coefficient (Wildman–Crippen LogP) is 4.92. The van der Waals surface area contributed by atoms with Gasteiger partial charge in [-0.1, -0.05) is 48.5 Å². The number of furan rings is 1. The smallest absolute Gasteiger partial charge is 0.272 e. The van der Waals surface area contributed by atoms with Crippen LogP contribution >= 0.6 is 0 Å². The summed E-state index contributed by atoms with van der Waals surface area (Å²) in [5, 5.41) is 4.76. The first-order valence-corrected chi connectivity index (χ1v) is 8.80. The third-order valence-corrected chi connectivity index (χ3v) is 4.16. The quantitative estimate of drug-likeness (QED) is 0.402. The first-order chi connectivity index (χ1) is 13.8. The molecule has 0 fully saturated rings. The molecule has 4 rings (SSSR count). The topological polar surface area (TPSA) is 67.5 Å². The van der Waals surface area contributed by atoms with E-state index < -0.39 is 0 Å². The fraction of sp³-hybridized carbons (Fsp3) is 0. The van der Waals surface area contributed by atoms with Gasteiger partial charge in [-0.15, -0.1) is 0 Å². The Morgan fingerprint density at radius 2 is 1.82 bits per heavy atom. The molecule has 136 valence electrons. The normalized spacial score (nSPS) is 11.4. The summed E-state index contributed by atoms with van der Waals surface area (Å²) in [6.07, 6.45) is 6.55. The Balaban J connectivity index is 1.60. The van der Waals surface area contributed by atoms with E-state index in [0.29, 0.717) is 11.3 Å². The highest BCUT2D eigenvalue weighted by molar-refractivity contribution is 6.07. The van der Waals surface area contributed by atoms with Crippen molar-refractivity contribution >= 4 is 29.1 Å². The maximum absolute atomic E-state index is 12.7. The molecule has 0 saturated carbocycles. The molecule has 4 aromatic rings. The van der Waals surface area contributed by atoms with E-state index in [1.165, 1.54) is 6.21 Å². The lowest BCUT2D eigenvalue weighted by Crippen LogP contribution is -2.18. The molecule has 0 atom stereocenters. The standard InChI is InChI=1S/C23H17N3O2/c27-23(26-24-14-6-10-18-11-7-15-28-18)20-16-22(17-8-2-1-3-9-17)25-21-13-5-4-12-19(20)21/h1-16H,(H,26,27)/b10-6-,24-14-. The maximum Gasteiger partial charge on any atom is 0.272 e. The van der Waals surface area contributed by atoms with E-state index in [-0.39, 0.29) is 5.91 Å². The fourth-order valence-electron chi connectivity index (χ4n) is 2.84. The van der Waals surface area contributed by atoms with E-state index in [1.54, 1.807) is 30.5 Å². The molecular weight excluding hydrogens is 350 g/mol. The number of fused-ring (bicyclic) bond motifs is 1. The van der Waals surface area contributed by atoms with Gasteiger partial charge in [-0.05, 0) is 36.4 Å². The number of pyridine rings is 1. The summed E-state index contributed by atoms with van der Waals surface area (Å²) in [5.74, 6) is 0.420. The van der Waals surface area contributed by atoms with Crippen molar-refractivity contribution in [2.75, 3.05) is 0 Å². The van der Waals surface area contributed by atoms with Gasteiger partial charge in [0.05, 0.1) is 23.0 Å².